The molecular weight excluding hydrogens is 284 g/mol. The number of carbonyl (C=O) groups is 2. The quantitative estimate of drug-likeness (QED) is 0.846. The normalized spacial score (nSPS) is 15.5. The highest BCUT2D eigenvalue weighted by Gasteiger charge is 2.48. The lowest BCUT2D eigenvalue weighted by atomic mass is 9.88. The molecule has 0 saturated heterocycles. The van der Waals surface area contributed by atoms with E-state index in [2.05, 4.69) is 0 Å². The minimum Gasteiger partial charge on any atom is -0.463 e. The highest BCUT2D eigenvalue weighted by Crippen LogP contribution is 2.30. The zero-order chi connectivity index (χ0) is 17.0. The highest BCUT2D eigenvalue weighted by atomic mass is 16.6. The molecule has 2 unspecified atom stereocenters. The standard InChI is InChI=1S/C17H24O5/c1-6-21-15(19)17(20,13-10-8-7-9-11-13)12(2)22-14(18)16(3,4)5/h7-12,20H,6H2,1-5H3. The molecule has 0 bridgehead atoms. The summed E-state index contributed by atoms with van der Waals surface area (Å²) in [5.41, 5.74) is -2.46. The molecule has 0 fully saturated rings. The number of hydrogen-bond donors (Lipinski definition) is 1. The molecule has 0 radical (unpaired) electrons. The fourth-order valence-electron chi connectivity index (χ4n) is 1.87. The van der Waals surface area contributed by atoms with Gasteiger partial charge >= 0.3 is 11.9 Å². The summed E-state index contributed by atoms with van der Waals surface area (Å²) >= 11 is 0. The van der Waals surface area contributed by atoms with Crippen molar-refractivity contribution in [3.8, 4) is 0 Å². The molecule has 0 heterocycles. The summed E-state index contributed by atoms with van der Waals surface area (Å²) in [5.74, 6) is -1.34. The molecule has 0 aliphatic heterocycles. The molecule has 2 atom stereocenters. The second kappa shape index (κ2) is 6.92. The first-order valence-corrected chi connectivity index (χ1v) is 7.30. The molecule has 5 heteroatoms. The van der Waals surface area contributed by atoms with Crippen LogP contribution in [0.2, 0.25) is 0 Å². The molecule has 5 nitrogen and oxygen atoms in total. The number of aliphatic hydroxyl groups is 1. The molecule has 0 spiro atoms. The topological polar surface area (TPSA) is 72.8 Å². The van der Waals surface area contributed by atoms with Gasteiger partial charge in [0.05, 0.1) is 12.0 Å². The third kappa shape index (κ3) is 3.85. The van der Waals surface area contributed by atoms with Crippen LogP contribution in [-0.2, 0) is 24.7 Å². The molecule has 0 aliphatic carbocycles. The van der Waals surface area contributed by atoms with E-state index in [4.69, 9.17) is 9.47 Å². The van der Waals surface area contributed by atoms with Crippen molar-refractivity contribution >= 4 is 11.9 Å². The minimum atomic E-state index is -2.04. The van der Waals surface area contributed by atoms with Crippen molar-refractivity contribution in [2.75, 3.05) is 6.61 Å². The number of ether oxygens (including phenoxy) is 2. The first-order valence-electron chi connectivity index (χ1n) is 7.30. The van der Waals surface area contributed by atoms with Gasteiger partial charge < -0.3 is 14.6 Å². The average molecular weight is 308 g/mol. The van der Waals surface area contributed by atoms with E-state index in [1.54, 1.807) is 58.0 Å². The Kier molecular flexibility index (Phi) is 5.72. The van der Waals surface area contributed by atoms with E-state index in [9.17, 15) is 14.7 Å². The fraction of sp³-hybridized carbons (Fsp3) is 0.529. The van der Waals surface area contributed by atoms with Gasteiger partial charge in [-0.3, -0.25) is 4.79 Å². The third-order valence-corrected chi connectivity index (χ3v) is 3.29. The zero-order valence-corrected chi connectivity index (χ0v) is 13.8. The lowest BCUT2D eigenvalue weighted by Gasteiger charge is -2.33. The third-order valence-electron chi connectivity index (χ3n) is 3.29. The lowest BCUT2D eigenvalue weighted by molar-refractivity contribution is -0.191. The predicted molar refractivity (Wildman–Crippen MR) is 82.0 cm³/mol. The molecule has 0 aromatic heterocycles. The Labute approximate surface area is 131 Å². The lowest BCUT2D eigenvalue weighted by Crippen LogP contribution is -2.49. The van der Waals surface area contributed by atoms with Gasteiger partial charge in [-0.05, 0) is 40.2 Å². The summed E-state index contributed by atoms with van der Waals surface area (Å²) in [6.45, 7) is 8.35. The summed E-state index contributed by atoms with van der Waals surface area (Å²) in [6, 6.07) is 8.34. The molecule has 1 rings (SSSR count). The van der Waals surface area contributed by atoms with Crippen LogP contribution in [0.1, 0.15) is 40.2 Å². The van der Waals surface area contributed by atoms with Crippen LogP contribution in [0, 0.1) is 5.41 Å². The summed E-state index contributed by atoms with van der Waals surface area (Å²) in [7, 11) is 0. The van der Waals surface area contributed by atoms with Crippen LogP contribution in [0.4, 0.5) is 0 Å². The van der Waals surface area contributed by atoms with Crippen LogP contribution in [-0.4, -0.2) is 29.8 Å². The van der Waals surface area contributed by atoms with Gasteiger partial charge in [-0.25, -0.2) is 4.79 Å². The van der Waals surface area contributed by atoms with Crippen LogP contribution in [0.25, 0.3) is 0 Å². The maximum atomic E-state index is 12.3. The number of carbonyl (C=O) groups excluding carboxylic acids is 2. The van der Waals surface area contributed by atoms with Gasteiger partial charge in [-0.15, -0.1) is 0 Å². The van der Waals surface area contributed by atoms with E-state index in [1.807, 2.05) is 0 Å². The van der Waals surface area contributed by atoms with Crippen LogP contribution in [0.3, 0.4) is 0 Å². The molecule has 0 amide bonds. The number of rotatable bonds is 5. The molecule has 0 saturated carbocycles. The molecule has 0 aliphatic rings. The van der Waals surface area contributed by atoms with Gasteiger partial charge in [0.1, 0.15) is 6.10 Å². The Hall–Kier alpha value is -1.88. The zero-order valence-electron chi connectivity index (χ0n) is 13.8. The van der Waals surface area contributed by atoms with Crippen LogP contribution in [0.5, 0.6) is 0 Å². The van der Waals surface area contributed by atoms with E-state index in [1.165, 1.54) is 6.92 Å². The molecule has 1 aromatic carbocycles. The Morgan fingerprint density at radius 3 is 2.14 bits per heavy atom. The molecule has 1 N–H and O–H groups in total. The molecular formula is C17H24O5. The van der Waals surface area contributed by atoms with Crippen LogP contribution in [0.15, 0.2) is 30.3 Å². The minimum absolute atomic E-state index is 0.119. The van der Waals surface area contributed by atoms with Crippen molar-refractivity contribution in [3.05, 3.63) is 35.9 Å². The maximum absolute atomic E-state index is 12.3. The van der Waals surface area contributed by atoms with Gasteiger partial charge in [-0.1, -0.05) is 30.3 Å². The molecule has 22 heavy (non-hydrogen) atoms. The van der Waals surface area contributed by atoms with E-state index in [-0.39, 0.29) is 6.61 Å². The van der Waals surface area contributed by atoms with Crippen molar-refractivity contribution in [1.82, 2.24) is 0 Å². The summed E-state index contributed by atoms with van der Waals surface area (Å²) in [6.07, 6.45) is -1.08. The van der Waals surface area contributed by atoms with E-state index in [0.717, 1.165) is 0 Å². The Morgan fingerprint density at radius 2 is 1.68 bits per heavy atom. The summed E-state index contributed by atoms with van der Waals surface area (Å²) < 4.78 is 10.3. The number of esters is 2. The van der Waals surface area contributed by atoms with E-state index < -0.39 is 29.1 Å². The van der Waals surface area contributed by atoms with Gasteiger partial charge in [0.15, 0.2) is 0 Å². The second-order valence-electron chi connectivity index (χ2n) is 6.15. The van der Waals surface area contributed by atoms with Crippen molar-refractivity contribution < 1.29 is 24.2 Å². The van der Waals surface area contributed by atoms with E-state index >= 15 is 0 Å². The van der Waals surface area contributed by atoms with Crippen molar-refractivity contribution in [2.45, 2.75) is 46.3 Å². The van der Waals surface area contributed by atoms with Crippen LogP contribution < -0.4 is 0 Å². The maximum Gasteiger partial charge on any atom is 0.346 e. The molecule has 122 valence electrons. The van der Waals surface area contributed by atoms with Crippen molar-refractivity contribution in [1.29, 1.82) is 0 Å². The van der Waals surface area contributed by atoms with Crippen LogP contribution >= 0.6 is 0 Å². The SMILES string of the molecule is CCOC(=O)C(O)(c1ccccc1)C(C)OC(=O)C(C)(C)C. The highest BCUT2D eigenvalue weighted by molar-refractivity contribution is 5.83. The Bertz CT molecular complexity index is 518. The van der Waals surface area contributed by atoms with Crippen molar-refractivity contribution in [3.63, 3.8) is 0 Å². The second-order valence-corrected chi connectivity index (χ2v) is 6.15. The Morgan fingerprint density at radius 1 is 1.14 bits per heavy atom. The van der Waals surface area contributed by atoms with Gasteiger partial charge in [0.25, 0.3) is 0 Å². The predicted octanol–water partition coefficient (Wildman–Crippen LogP) is 2.42. The van der Waals surface area contributed by atoms with Gasteiger partial charge in [0.2, 0.25) is 5.60 Å². The number of benzene rings is 1. The monoisotopic (exact) mass is 308 g/mol. The first kappa shape index (κ1) is 18.2. The first-order chi connectivity index (χ1) is 10.1. The van der Waals surface area contributed by atoms with Crippen molar-refractivity contribution in [2.24, 2.45) is 5.41 Å². The summed E-state index contributed by atoms with van der Waals surface area (Å²) in [5, 5.41) is 10.9. The van der Waals surface area contributed by atoms with Gasteiger partial charge in [-0.2, -0.15) is 0 Å². The largest absolute Gasteiger partial charge is 0.463 e. The smallest absolute Gasteiger partial charge is 0.346 e. The van der Waals surface area contributed by atoms with E-state index in [0.29, 0.717) is 5.56 Å². The summed E-state index contributed by atoms with van der Waals surface area (Å²) in [4.78, 5) is 24.3. The Balaban J connectivity index is 3.16. The average Bonchev–Trinajstić information content (AvgIpc) is 2.46. The van der Waals surface area contributed by atoms with Gasteiger partial charge in [0, 0.05) is 0 Å². The number of hydrogen-bond acceptors (Lipinski definition) is 5. The molecule has 1 aromatic rings. The fourth-order valence-corrected chi connectivity index (χ4v) is 1.87.